The zero-order valence-electron chi connectivity index (χ0n) is 8.96. The summed E-state index contributed by atoms with van der Waals surface area (Å²) in [6.45, 7) is 4.61. The van der Waals surface area contributed by atoms with E-state index in [4.69, 9.17) is 0 Å². The van der Waals surface area contributed by atoms with Gasteiger partial charge in [-0.3, -0.25) is 0 Å². The highest BCUT2D eigenvalue weighted by Crippen LogP contribution is 2.50. The Morgan fingerprint density at radius 3 is 2.57 bits per heavy atom. The van der Waals surface area contributed by atoms with E-state index in [1.165, 1.54) is 19.3 Å². The first-order valence-corrected chi connectivity index (χ1v) is 5.39. The van der Waals surface area contributed by atoms with Crippen molar-refractivity contribution >= 4 is 0 Å². The highest BCUT2D eigenvalue weighted by Gasteiger charge is 2.36. The second kappa shape index (κ2) is 3.30. The Labute approximate surface area is 85.8 Å². The van der Waals surface area contributed by atoms with Crippen LogP contribution in [0.2, 0.25) is 0 Å². The van der Waals surface area contributed by atoms with Crippen LogP contribution in [0.4, 0.5) is 0 Å². The van der Waals surface area contributed by atoms with Crippen molar-refractivity contribution in [3.63, 3.8) is 0 Å². The molecular formula is C13H18O. The standard InChI is InChI=1S/C13H18O/c1-13(2)9-5-7-11(13)10-6-3-4-8-12(10)14/h3-4,6,8,11,14H,5,7,9H2,1-2H3/t11-/m0/s1. The Morgan fingerprint density at radius 2 is 2.00 bits per heavy atom. The fraction of sp³-hybridized carbons (Fsp3) is 0.538. The van der Waals surface area contributed by atoms with Gasteiger partial charge in [0.05, 0.1) is 0 Å². The summed E-state index contributed by atoms with van der Waals surface area (Å²) < 4.78 is 0. The van der Waals surface area contributed by atoms with Crippen molar-refractivity contribution in [3.05, 3.63) is 29.8 Å². The molecule has 1 aliphatic carbocycles. The summed E-state index contributed by atoms with van der Waals surface area (Å²) in [5, 5.41) is 9.80. The molecule has 1 N–H and O–H groups in total. The van der Waals surface area contributed by atoms with E-state index >= 15 is 0 Å². The van der Waals surface area contributed by atoms with Gasteiger partial charge in [-0.25, -0.2) is 0 Å². The first-order valence-electron chi connectivity index (χ1n) is 5.39. The number of phenols is 1. The average Bonchev–Trinajstić information content (AvgIpc) is 2.46. The monoisotopic (exact) mass is 190 g/mol. The van der Waals surface area contributed by atoms with Crippen LogP contribution < -0.4 is 0 Å². The van der Waals surface area contributed by atoms with Crippen molar-refractivity contribution in [1.82, 2.24) is 0 Å². The molecule has 1 nitrogen and oxygen atoms in total. The number of para-hydroxylation sites is 1. The third-order valence-corrected chi connectivity index (χ3v) is 3.57. The van der Waals surface area contributed by atoms with Crippen LogP contribution in [0.3, 0.4) is 0 Å². The van der Waals surface area contributed by atoms with E-state index in [0.717, 1.165) is 5.56 Å². The normalized spacial score (nSPS) is 25.1. The molecule has 1 aromatic carbocycles. The minimum Gasteiger partial charge on any atom is -0.508 e. The molecule has 1 aliphatic rings. The van der Waals surface area contributed by atoms with E-state index in [9.17, 15) is 5.11 Å². The smallest absolute Gasteiger partial charge is 0.119 e. The lowest BCUT2D eigenvalue weighted by molar-refractivity contribution is 0.324. The van der Waals surface area contributed by atoms with E-state index in [0.29, 0.717) is 17.1 Å². The predicted molar refractivity (Wildman–Crippen MR) is 58.5 cm³/mol. The van der Waals surface area contributed by atoms with Crippen molar-refractivity contribution in [2.45, 2.75) is 39.0 Å². The van der Waals surface area contributed by atoms with Gasteiger partial charge < -0.3 is 5.11 Å². The summed E-state index contributed by atoms with van der Waals surface area (Å²) in [6.07, 6.45) is 3.77. The minimum atomic E-state index is 0.346. The number of hydrogen-bond donors (Lipinski definition) is 1. The largest absolute Gasteiger partial charge is 0.508 e. The van der Waals surface area contributed by atoms with Crippen LogP contribution in [-0.2, 0) is 0 Å². The molecule has 0 bridgehead atoms. The molecular weight excluding hydrogens is 172 g/mol. The van der Waals surface area contributed by atoms with Crippen LogP contribution >= 0.6 is 0 Å². The van der Waals surface area contributed by atoms with Gasteiger partial charge in [-0.05, 0) is 35.8 Å². The van der Waals surface area contributed by atoms with Crippen LogP contribution in [-0.4, -0.2) is 5.11 Å². The lowest BCUT2D eigenvalue weighted by Gasteiger charge is -2.27. The predicted octanol–water partition coefficient (Wildman–Crippen LogP) is 3.69. The maximum atomic E-state index is 9.80. The molecule has 0 unspecified atom stereocenters. The molecule has 1 aromatic rings. The van der Waals surface area contributed by atoms with Crippen molar-refractivity contribution in [2.24, 2.45) is 5.41 Å². The fourth-order valence-electron chi connectivity index (χ4n) is 2.69. The van der Waals surface area contributed by atoms with E-state index in [2.05, 4.69) is 19.9 Å². The lowest BCUT2D eigenvalue weighted by atomic mass is 9.77. The van der Waals surface area contributed by atoms with Crippen LogP contribution in [0.5, 0.6) is 5.75 Å². The molecule has 0 aromatic heterocycles. The number of rotatable bonds is 1. The maximum Gasteiger partial charge on any atom is 0.119 e. The first-order chi connectivity index (χ1) is 6.61. The van der Waals surface area contributed by atoms with Gasteiger partial charge in [0.25, 0.3) is 0 Å². The first kappa shape index (κ1) is 9.57. The van der Waals surface area contributed by atoms with Crippen LogP contribution in [0, 0.1) is 5.41 Å². The third-order valence-electron chi connectivity index (χ3n) is 3.57. The van der Waals surface area contributed by atoms with Crippen LogP contribution in [0.25, 0.3) is 0 Å². The topological polar surface area (TPSA) is 20.2 Å². The van der Waals surface area contributed by atoms with Crippen molar-refractivity contribution in [3.8, 4) is 5.75 Å². The molecule has 0 heterocycles. The molecule has 1 heteroatoms. The summed E-state index contributed by atoms with van der Waals surface area (Å²) in [7, 11) is 0. The Morgan fingerprint density at radius 1 is 1.29 bits per heavy atom. The molecule has 2 rings (SSSR count). The van der Waals surface area contributed by atoms with Gasteiger partial charge in [0, 0.05) is 0 Å². The van der Waals surface area contributed by atoms with Crippen LogP contribution in [0.15, 0.2) is 24.3 Å². The highest BCUT2D eigenvalue weighted by atomic mass is 16.3. The molecule has 1 fully saturated rings. The molecule has 1 saturated carbocycles. The second-order valence-electron chi connectivity index (χ2n) is 4.99. The Hall–Kier alpha value is -0.980. The molecule has 0 radical (unpaired) electrons. The maximum absolute atomic E-state index is 9.80. The van der Waals surface area contributed by atoms with Crippen molar-refractivity contribution in [1.29, 1.82) is 0 Å². The quantitative estimate of drug-likeness (QED) is 0.716. The minimum absolute atomic E-state index is 0.346. The van der Waals surface area contributed by atoms with E-state index in [-0.39, 0.29) is 0 Å². The lowest BCUT2D eigenvalue weighted by Crippen LogP contribution is -2.15. The van der Waals surface area contributed by atoms with Gasteiger partial charge in [-0.1, -0.05) is 38.5 Å². The molecule has 1 atom stereocenters. The van der Waals surface area contributed by atoms with Crippen molar-refractivity contribution < 1.29 is 5.11 Å². The summed E-state index contributed by atoms with van der Waals surface area (Å²) in [5.41, 5.74) is 1.48. The van der Waals surface area contributed by atoms with Gasteiger partial charge in [0.1, 0.15) is 5.75 Å². The Balaban J connectivity index is 2.36. The number of aromatic hydroxyl groups is 1. The summed E-state index contributed by atoms with van der Waals surface area (Å²) in [5.74, 6) is 0.996. The summed E-state index contributed by atoms with van der Waals surface area (Å²) in [4.78, 5) is 0. The fourth-order valence-corrected chi connectivity index (χ4v) is 2.69. The molecule has 0 spiro atoms. The molecule has 0 saturated heterocycles. The molecule has 76 valence electrons. The zero-order chi connectivity index (χ0) is 10.2. The number of hydrogen-bond acceptors (Lipinski definition) is 1. The van der Waals surface area contributed by atoms with Gasteiger partial charge in [-0.2, -0.15) is 0 Å². The molecule has 0 aliphatic heterocycles. The molecule has 14 heavy (non-hydrogen) atoms. The number of benzene rings is 1. The van der Waals surface area contributed by atoms with Gasteiger partial charge >= 0.3 is 0 Å². The van der Waals surface area contributed by atoms with Crippen LogP contribution in [0.1, 0.15) is 44.6 Å². The Kier molecular flexibility index (Phi) is 2.26. The number of phenolic OH excluding ortho intramolecular Hbond substituents is 1. The van der Waals surface area contributed by atoms with Gasteiger partial charge in [-0.15, -0.1) is 0 Å². The van der Waals surface area contributed by atoms with E-state index in [1.54, 1.807) is 6.07 Å². The van der Waals surface area contributed by atoms with Gasteiger partial charge in [0.15, 0.2) is 0 Å². The van der Waals surface area contributed by atoms with E-state index < -0.39 is 0 Å². The average molecular weight is 190 g/mol. The Bertz CT molecular complexity index is 328. The highest BCUT2D eigenvalue weighted by molar-refractivity contribution is 5.36. The SMILES string of the molecule is CC1(C)CCC[C@H]1c1ccccc1O. The summed E-state index contributed by atoms with van der Waals surface area (Å²) >= 11 is 0. The van der Waals surface area contributed by atoms with Gasteiger partial charge in [0.2, 0.25) is 0 Å². The van der Waals surface area contributed by atoms with Crippen molar-refractivity contribution in [2.75, 3.05) is 0 Å². The van der Waals surface area contributed by atoms with E-state index in [1.807, 2.05) is 12.1 Å². The second-order valence-corrected chi connectivity index (χ2v) is 4.99. The third kappa shape index (κ3) is 1.52. The zero-order valence-corrected chi connectivity index (χ0v) is 8.96. The summed E-state index contributed by atoms with van der Waals surface area (Å²) in [6, 6.07) is 7.76. The molecule has 0 amide bonds.